The van der Waals surface area contributed by atoms with Crippen molar-refractivity contribution in [2.75, 3.05) is 12.4 Å². The average Bonchev–Trinajstić information content (AvgIpc) is 2.88. The Kier molecular flexibility index (Phi) is 6.76. The Morgan fingerprint density at radius 3 is 1.92 bits per heavy atom. The molecule has 1 aliphatic carbocycles. The molecule has 1 fully saturated rings. The summed E-state index contributed by atoms with van der Waals surface area (Å²) in [5, 5.41) is 4.88. The highest BCUT2D eigenvalue weighted by molar-refractivity contribution is 8.45. The minimum atomic E-state index is -9.72. The number of sulfone groups is 1. The Morgan fingerprint density at radius 1 is 0.842 bits per heavy atom. The lowest BCUT2D eigenvalue weighted by Gasteiger charge is -2.40. The number of anilines is 1. The van der Waals surface area contributed by atoms with Crippen molar-refractivity contribution in [1.29, 1.82) is 0 Å². The van der Waals surface area contributed by atoms with Crippen LogP contribution >= 0.6 is 10.2 Å². The number of pyridine rings is 1. The third kappa shape index (κ3) is 6.26. The van der Waals surface area contributed by atoms with Crippen molar-refractivity contribution in [3.8, 4) is 11.1 Å². The van der Waals surface area contributed by atoms with E-state index >= 15 is 0 Å². The molecule has 0 radical (unpaired) electrons. The quantitative estimate of drug-likeness (QED) is 0.297. The number of rotatable bonds is 7. The smallest absolute Gasteiger partial charge is 0.310 e. The van der Waals surface area contributed by atoms with Crippen LogP contribution in [0.15, 0.2) is 76.7 Å². The SMILES string of the molecule is CNC(=O)c1ccc(-c2ccc(S(=O)(=O)C3CCC(Nc4ccc(S(F)(F)(F)(F)F)cc4)CC3)cc2)cn1. The normalized spacial score (nSPS) is 20.2. The molecule has 13 heteroatoms. The number of hydrogen-bond donors (Lipinski definition) is 2. The van der Waals surface area contributed by atoms with Crippen LogP contribution in [0.25, 0.3) is 11.1 Å². The zero-order valence-electron chi connectivity index (χ0n) is 20.2. The van der Waals surface area contributed by atoms with E-state index in [1.165, 1.54) is 25.4 Å². The van der Waals surface area contributed by atoms with E-state index in [9.17, 15) is 32.6 Å². The van der Waals surface area contributed by atoms with E-state index in [4.69, 9.17) is 0 Å². The fourth-order valence-electron chi connectivity index (χ4n) is 4.42. The van der Waals surface area contributed by atoms with Crippen molar-refractivity contribution < 1.29 is 32.6 Å². The second-order valence-electron chi connectivity index (χ2n) is 9.19. The van der Waals surface area contributed by atoms with E-state index in [2.05, 4.69) is 15.6 Å². The molecule has 38 heavy (non-hydrogen) atoms. The highest BCUT2D eigenvalue weighted by atomic mass is 32.5. The second kappa shape index (κ2) is 9.23. The summed E-state index contributed by atoms with van der Waals surface area (Å²) in [7, 11) is -11.8. The topological polar surface area (TPSA) is 88.2 Å². The zero-order valence-corrected chi connectivity index (χ0v) is 21.8. The summed E-state index contributed by atoms with van der Waals surface area (Å²) in [5.41, 5.74) is 1.99. The van der Waals surface area contributed by atoms with Gasteiger partial charge in [0, 0.05) is 30.5 Å². The van der Waals surface area contributed by atoms with Crippen molar-refractivity contribution in [3.05, 3.63) is 72.6 Å². The summed E-state index contributed by atoms with van der Waals surface area (Å²) in [6.45, 7) is 0. The molecule has 2 N–H and O–H groups in total. The number of halogens is 5. The molecule has 0 bridgehead atoms. The van der Waals surface area contributed by atoms with Gasteiger partial charge in [0.05, 0.1) is 10.1 Å². The molecule has 4 rings (SSSR count). The summed E-state index contributed by atoms with van der Waals surface area (Å²) in [4.78, 5) is 14.0. The molecule has 2 aromatic carbocycles. The number of benzene rings is 2. The lowest BCUT2D eigenvalue weighted by molar-refractivity contribution is 0.0958. The molecular weight excluding hydrogens is 549 g/mol. The van der Waals surface area contributed by atoms with Gasteiger partial charge in [-0.3, -0.25) is 9.78 Å². The van der Waals surface area contributed by atoms with E-state index in [-0.39, 0.29) is 28.2 Å². The molecule has 0 atom stereocenters. The second-order valence-corrected chi connectivity index (χ2v) is 13.8. The van der Waals surface area contributed by atoms with Gasteiger partial charge in [-0.1, -0.05) is 37.6 Å². The summed E-state index contributed by atoms with van der Waals surface area (Å²) in [6.07, 6.45) is 3.13. The minimum Gasteiger partial charge on any atom is -0.382 e. The maximum atomic E-state index is 13.2. The molecule has 6 nitrogen and oxygen atoms in total. The predicted molar refractivity (Wildman–Crippen MR) is 138 cm³/mol. The molecule has 0 aliphatic heterocycles. The van der Waals surface area contributed by atoms with Crippen molar-refractivity contribution in [1.82, 2.24) is 10.3 Å². The minimum absolute atomic E-state index is 0.180. The van der Waals surface area contributed by atoms with E-state index in [0.717, 1.165) is 23.3 Å². The number of hydrogen-bond acceptors (Lipinski definition) is 5. The Hall–Kier alpha value is -3.19. The number of nitrogens with one attached hydrogen (secondary N) is 2. The summed E-state index contributed by atoms with van der Waals surface area (Å²) in [5.74, 6) is -0.312. The summed E-state index contributed by atoms with van der Waals surface area (Å²) in [6, 6.07) is 12.1. The summed E-state index contributed by atoms with van der Waals surface area (Å²) < 4.78 is 90.9. The van der Waals surface area contributed by atoms with E-state index in [0.29, 0.717) is 37.8 Å². The van der Waals surface area contributed by atoms with Gasteiger partial charge in [0.1, 0.15) is 10.6 Å². The Morgan fingerprint density at radius 2 is 1.42 bits per heavy atom. The standard InChI is InChI=1S/C25H26F5N3O3S2/c1-31-25(34)24-15-4-18(16-32-24)17-2-9-21(10-3-17)37(35,36)22-11-5-19(6-12-22)33-20-7-13-23(14-8-20)38(26,27,28,29)30/h2-4,7-10,13-16,19,22,33H,5-6,11-12H2,1H3,(H,31,34). The number of nitrogens with zero attached hydrogens (tertiary/aromatic N) is 1. The van der Waals surface area contributed by atoms with Crippen LogP contribution < -0.4 is 10.6 Å². The van der Waals surface area contributed by atoms with Crippen LogP contribution in [0.4, 0.5) is 25.1 Å². The van der Waals surface area contributed by atoms with Crippen molar-refractivity contribution >= 4 is 31.7 Å². The van der Waals surface area contributed by atoms with Crippen LogP contribution in [0.1, 0.15) is 36.2 Å². The number of aromatic nitrogens is 1. The molecule has 3 aromatic rings. The van der Waals surface area contributed by atoms with Crippen molar-refractivity contribution in [2.45, 2.75) is 46.8 Å². The van der Waals surface area contributed by atoms with Gasteiger partial charge in [-0.05, 0) is 73.7 Å². The predicted octanol–water partition coefficient (Wildman–Crippen LogP) is 6.96. The van der Waals surface area contributed by atoms with Gasteiger partial charge in [-0.25, -0.2) is 8.42 Å². The monoisotopic (exact) mass is 575 g/mol. The third-order valence-corrected chi connectivity index (χ3v) is 9.96. The molecule has 0 saturated heterocycles. The maximum Gasteiger partial charge on any atom is 0.310 e. The first-order valence-electron chi connectivity index (χ1n) is 11.7. The van der Waals surface area contributed by atoms with E-state index < -0.39 is 30.2 Å². The van der Waals surface area contributed by atoms with Gasteiger partial charge in [0.15, 0.2) is 9.84 Å². The lowest BCUT2D eigenvalue weighted by atomic mass is 9.95. The first-order valence-corrected chi connectivity index (χ1v) is 15.2. The highest BCUT2D eigenvalue weighted by Gasteiger charge is 2.65. The average molecular weight is 576 g/mol. The Balaban J connectivity index is 1.37. The third-order valence-electron chi connectivity index (χ3n) is 6.52. The highest BCUT2D eigenvalue weighted by Crippen LogP contribution is 3.02. The molecular formula is C25H26F5N3O3S2. The fraction of sp³-hybridized carbons (Fsp3) is 0.280. The molecule has 1 heterocycles. The number of carbonyl (C=O) groups excluding carboxylic acids is 1. The van der Waals surface area contributed by atoms with Gasteiger partial charge >= 0.3 is 10.2 Å². The Bertz CT molecular complexity index is 1420. The number of carbonyl (C=O) groups is 1. The van der Waals surface area contributed by atoms with Gasteiger partial charge in [-0.15, -0.1) is 0 Å². The summed E-state index contributed by atoms with van der Waals surface area (Å²) >= 11 is 0. The van der Waals surface area contributed by atoms with Gasteiger partial charge in [-0.2, -0.15) is 0 Å². The molecule has 1 aromatic heterocycles. The molecule has 1 saturated carbocycles. The van der Waals surface area contributed by atoms with E-state index in [1.54, 1.807) is 24.3 Å². The van der Waals surface area contributed by atoms with Gasteiger partial charge in [0.2, 0.25) is 0 Å². The van der Waals surface area contributed by atoms with Crippen LogP contribution in [0, 0.1) is 0 Å². The Labute approximate surface area is 217 Å². The first kappa shape index (κ1) is 27.8. The molecule has 0 unspecified atom stereocenters. The lowest BCUT2D eigenvalue weighted by Crippen LogP contribution is -2.32. The molecule has 0 spiro atoms. The first-order chi connectivity index (χ1) is 17.6. The molecule has 1 aliphatic rings. The molecule has 1 amide bonds. The van der Waals surface area contributed by atoms with Crippen molar-refractivity contribution in [2.24, 2.45) is 0 Å². The van der Waals surface area contributed by atoms with Crippen LogP contribution in [0.2, 0.25) is 0 Å². The van der Waals surface area contributed by atoms with Gasteiger partial charge in [0.25, 0.3) is 5.91 Å². The van der Waals surface area contributed by atoms with Crippen LogP contribution in [0.5, 0.6) is 0 Å². The van der Waals surface area contributed by atoms with E-state index in [1.807, 2.05) is 0 Å². The van der Waals surface area contributed by atoms with Crippen LogP contribution in [0.3, 0.4) is 0 Å². The molecule has 206 valence electrons. The number of amides is 1. The fourth-order valence-corrected chi connectivity index (χ4v) is 6.86. The maximum absolute atomic E-state index is 13.2. The van der Waals surface area contributed by atoms with Crippen molar-refractivity contribution in [3.63, 3.8) is 0 Å². The van der Waals surface area contributed by atoms with Gasteiger partial charge < -0.3 is 10.6 Å². The van der Waals surface area contributed by atoms with Crippen LogP contribution in [-0.4, -0.2) is 37.6 Å². The zero-order chi connectivity index (χ0) is 27.8. The van der Waals surface area contributed by atoms with Crippen LogP contribution in [-0.2, 0) is 9.84 Å². The largest absolute Gasteiger partial charge is 0.382 e.